The van der Waals surface area contributed by atoms with Crippen LogP contribution in [0.4, 0.5) is 0 Å². The molecule has 2 aromatic rings. The summed E-state index contributed by atoms with van der Waals surface area (Å²) in [5, 5.41) is 3.36. The van der Waals surface area contributed by atoms with Gasteiger partial charge in [0.2, 0.25) is 0 Å². The van der Waals surface area contributed by atoms with Crippen LogP contribution in [-0.4, -0.2) is 18.1 Å². The normalized spacial score (nSPS) is 20.7. The van der Waals surface area contributed by atoms with Crippen molar-refractivity contribution in [2.24, 2.45) is 5.92 Å². The summed E-state index contributed by atoms with van der Waals surface area (Å²) < 4.78 is 6.77. The average molecular weight is 281 g/mol. The first-order chi connectivity index (χ1) is 7.81. The summed E-state index contributed by atoms with van der Waals surface area (Å²) in [5.74, 6) is 1.54. The van der Waals surface area contributed by atoms with Crippen LogP contribution >= 0.6 is 15.9 Å². The Bertz CT molecular complexity index is 503. The van der Waals surface area contributed by atoms with E-state index in [2.05, 4.69) is 26.2 Å². The molecule has 2 heterocycles. The molecule has 0 spiro atoms. The van der Waals surface area contributed by atoms with Crippen LogP contribution in [0.1, 0.15) is 12.3 Å². The molecule has 16 heavy (non-hydrogen) atoms. The van der Waals surface area contributed by atoms with E-state index >= 15 is 0 Å². The second kappa shape index (κ2) is 4.18. The highest BCUT2D eigenvalue weighted by molar-refractivity contribution is 9.10. The highest BCUT2D eigenvalue weighted by Crippen LogP contribution is 2.22. The van der Waals surface area contributed by atoms with Gasteiger partial charge in [0.15, 0.2) is 11.5 Å². The van der Waals surface area contributed by atoms with E-state index in [9.17, 15) is 0 Å². The number of halogens is 1. The number of benzene rings is 1. The van der Waals surface area contributed by atoms with Crippen molar-refractivity contribution in [1.82, 2.24) is 10.3 Å². The molecule has 1 aliphatic heterocycles. The Labute approximate surface area is 102 Å². The van der Waals surface area contributed by atoms with E-state index in [0.29, 0.717) is 5.92 Å². The molecule has 3 nitrogen and oxygen atoms in total. The molecule has 1 saturated heterocycles. The van der Waals surface area contributed by atoms with Gasteiger partial charge in [-0.3, -0.25) is 0 Å². The number of hydrogen-bond donors (Lipinski definition) is 1. The predicted octanol–water partition coefficient (Wildman–Crippen LogP) is 2.74. The van der Waals surface area contributed by atoms with Crippen LogP contribution in [-0.2, 0) is 6.42 Å². The van der Waals surface area contributed by atoms with Crippen molar-refractivity contribution in [3.63, 3.8) is 0 Å². The van der Waals surface area contributed by atoms with Crippen LogP contribution in [0.15, 0.2) is 27.1 Å². The van der Waals surface area contributed by atoms with Crippen LogP contribution in [0.25, 0.3) is 11.1 Å². The minimum atomic E-state index is 0.677. The Balaban J connectivity index is 1.86. The summed E-state index contributed by atoms with van der Waals surface area (Å²) in [6.07, 6.45) is 2.17. The number of hydrogen-bond acceptors (Lipinski definition) is 3. The van der Waals surface area contributed by atoms with Crippen molar-refractivity contribution in [1.29, 1.82) is 0 Å². The number of fused-ring (bicyclic) bond motifs is 1. The number of rotatable bonds is 2. The molecule has 0 aliphatic carbocycles. The van der Waals surface area contributed by atoms with Gasteiger partial charge in [-0.2, -0.15) is 0 Å². The molecule has 0 bridgehead atoms. The third-order valence-electron chi connectivity index (χ3n) is 3.02. The third kappa shape index (κ3) is 1.99. The SMILES string of the molecule is Brc1ccc2oc(CC3CCNC3)nc2c1. The van der Waals surface area contributed by atoms with E-state index in [1.54, 1.807) is 0 Å². The van der Waals surface area contributed by atoms with Crippen LogP contribution in [0.5, 0.6) is 0 Å². The van der Waals surface area contributed by atoms with Gasteiger partial charge in [-0.15, -0.1) is 0 Å². The zero-order chi connectivity index (χ0) is 11.0. The molecule has 1 aromatic carbocycles. The fourth-order valence-electron chi connectivity index (χ4n) is 2.17. The lowest BCUT2D eigenvalue weighted by Gasteiger charge is -2.02. The van der Waals surface area contributed by atoms with Crippen LogP contribution < -0.4 is 5.32 Å². The Hall–Kier alpha value is -0.870. The van der Waals surface area contributed by atoms with Crippen LogP contribution in [0, 0.1) is 5.92 Å². The fourth-order valence-corrected chi connectivity index (χ4v) is 2.52. The standard InChI is InChI=1S/C12H13BrN2O/c13-9-1-2-11-10(6-9)15-12(16-11)5-8-3-4-14-7-8/h1-2,6,8,14H,3-5,7H2. The van der Waals surface area contributed by atoms with Gasteiger partial charge in [0, 0.05) is 10.9 Å². The highest BCUT2D eigenvalue weighted by Gasteiger charge is 2.17. The van der Waals surface area contributed by atoms with E-state index < -0.39 is 0 Å². The molecular formula is C12H13BrN2O. The molecule has 3 rings (SSSR count). The topological polar surface area (TPSA) is 38.1 Å². The molecule has 1 atom stereocenters. The monoisotopic (exact) mass is 280 g/mol. The number of oxazole rings is 1. The van der Waals surface area contributed by atoms with Gasteiger partial charge >= 0.3 is 0 Å². The van der Waals surface area contributed by atoms with Gasteiger partial charge in [0.1, 0.15) is 5.52 Å². The van der Waals surface area contributed by atoms with Crippen molar-refractivity contribution in [2.45, 2.75) is 12.8 Å². The molecule has 1 aliphatic rings. The molecule has 4 heteroatoms. The highest BCUT2D eigenvalue weighted by atomic mass is 79.9. The maximum atomic E-state index is 5.73. The second-order valence-corrected chi connectivity index (χ2v) is 5.20. The zero-order valence-corrected chi connectivity index (χ0v) is 10.5. The van der Waals surface area contributed by atoms with Gasteiger partial charge in [-0.25, -0.2) is 4.98 Å². The number of aromatic nitrogens is 1. The number of nitrogens with one attached hydrogen (secondary N) is 1. The van der Waals surface area contributed by atoms with Crippen molar-refractivity contribution in [3.8, 4) is 0 Å². The van der Waals surface area contributed by atoms with Crippen molar-refractivity contribution < 1.29 is 4.42 Å². The maximum Gasteiger partial charge on any atom is 0.195 e. The second-order valence-electron chi connectivity index (χ2n) is 4.28. The Morgan fingerprint density at radius 1 is 1.50 bits per heavy atom. The summed E-state index contributed by atoms with van der Waals surface area (Å²) in [6.45, 7) is 2.21. The zero-order valence-electron chi connectivity index (χ0n) is 8.87. The summed E-state index contributed by atoms with van der Waals surface area (Å²) in [6, 6.07) is 5.94. The quantitative estimate of drug-likeness (QED) is 0.919. The van der Waals surface area contributed by atoms with E-state index in [1.165, 1.54) is 6.42 Å². The largest absolute Gasteiger partial charge is 0.441 e. The van der Waals surface area contributed by atoms with Crippen LogP contribution in [0.2, 0.25) is 0 Å². The van der Waals surface area contributed by atoms with E-state index in [4.69, 9.17) is 4.42 Å². The Kier molecular flexibility index (Phi) is 2.69. The van der Waals surface area contributed by atoms with E-state index in [1.807, 2.05) is 18.2 Å². The Morgan fingerprint density at radius 3 is 3.25 bits per heavy atom. The fraction of sp³-hybridized carbons (Fsp3) is 0.417. The summed E-state index contributed by atoms with van der Waals surface area (Å²) in [4.78, 5) is 4.51. The number of nitrogens with zero attached hydrogens (tertiary/aromatic N) is 1. The molecule has 84 valence electrons. The van der Waals surface area contributed by atoms with E-state index in [0.717, 1.165) is 41.0 Å². The molecule has 0 radical (unpaired) electrons. The van der Waals surface area contributed by atoms with Gasteiger partial charge in [0.05, 0.1) is 0 Å². The summed E-state index contributed by atoms with van der Waals surface area (Å²) in [7, 11) is 0. The van der Waals surface area contributed by atoms with Gasteiger partial charge in [0.25, 0.3) is 0 Å². The first kappa shape index (κ1) is 10.3. The molecule has 1 unspecified atom stereocenters. The molecule has 1 N–H and O–H groups in total. The minimum absolute atomic E-state index is 0.677. The maximum absolute atomic E-state index is 5.73. The summed E-state index contributed by atoms with van der Waals surface area (Å²) in [5.41, 5.74) is 1.82. The lowest BCUT2D eigenvalue weighted by molar-refractivity contribution is 0.462. The van der Waals surface area contributed by atoms with Crippen LogP contribution in [0.3, 0.4) is 0 Å². The third-order valence-corrected chi connectivity index (χ3v) is 3.51. The van der Waals surface area contributed by atoms with Gasteiger partial charge in [-0.05, 0) is 43.6 Å². The Morgan fingerprint density at radius 2 is 2.44 bits per heavy atom. The molecule has 1 fully saturated rings. The first-order valence-electron chi connectivity index (χ1n) is 5.57. The van der Waals surface area contributed by atoms with Crippen molar-refractivity contribution in [2.75, 3.05) is 13.1 Å². The summed E-state index contributed by atoms with van der Waals surface area (Å²) >= 11 is 3.44. The first-order valence-corrected chi connectivity index (χ1v) is 6.36. The van der Waals surface area contributed by atoms with Gasteiger partial charge in [-0.1, -0.05) is 15.9 Å². The molecule has 0 saturated carbocycles. The van der Waals surface area contributed by atoms with Gasteiger partial charge < -0.3 is 9.73 Å². The molecular weight excluding hydrogens is 268 g/mol. The molecule has 0 amide bonds. The smallest absolute Gasteiger partial charge is 0.195 e. The van der Waals surface area contributed by atoms with E-state index in [-0.39, 0.29) is 0 Å². The molecule has 1 aromatic heterocycles. The lowest BCUT2D eigenvalue weighted by atomic mass is 10.1. The lowest BCUT2D eigenvalue weighted by Crippen LogP contribution is -2.10. The predicted molar refractivity (Wildman–Crippen MR) is 66.4 cm³/mol. The van der Waals surface area contributed by atoms with Crippen molar-refractivity contribution >= 4 is 27.0 Å². The minimum Gasteiger partial charge on any atom is -0.441 e. The average Bonchev–Trinajstić information content (AvgIpc) is 2.86. The van der Waals surface area contributed by atoms with Crippen molar-refractivity contribution in [3.05, 3.63) is 28.6 Å².